The Balaban J connectivity index is 0.000000162. The molecule has 0 aromatic heterocycles. The molecule has 0 atom stereocenters. The van der Waals surface area contributed by atoms with E-state index in [1.165, 1.54) is 6.07 Å². The minimum atomic E-state index is -0.963. The van der Waals surface area contributed by atoms with Gasteiger partial charge in [0.15, 0.2) is 11.6 Å². The molecule has 3 heterocycles. The van der Waals surface area contributed by atoms with Crippen molar-refractivity contribution in [2.75, 3.05) is 46.9 Å². The van der Waals surface area contributed by atoms with Crippen LogP contribution in [0.1, 0.15) is 79.7 Å². The number of carboxylic acid groups (broad SMARTS) is 1. The van der Waals surface area contributed by atoms with E-state index < -0.39 is 17.7 Å². The molecule has 0 fully saturated rings. The number of nitrogens with two attached hydrogens (primary N) is 1. The number of hydrogen-bond donors (Lipinski definition) is 3. The Morgan fingerprint density at radius 3 is 1.36 bits per heavy atom. The number of nitrogens with zero attached hydrogens (tertiary/aromatic N) is 3. The third-order valence-corrected chi connectivity index (χ3v) is 13.2. The lowest BCUT2D eigenvalue weighted by atomic mass is 9.96. The molecule has 0 saturated carbocycles. The number of carboxylic acids is 1. The number of aromatic carboxylic acids is 1. The van der Waals surface area contributed by atoms with E-state index in [2.05, 4.69) is 5.32 Å². The Kier molecular flexibility index (Phi) is 15.2. The largest absolute Gasteiger partial charge is 0.478 e. The van der Waals surface area contributed by atoms with Crippen LogP contribution in [0.5, 0.6) is 0 Å². The summed E-state index contributed by atoms with van der Waals surface area (Å²) >= 11 is 0. The van der Waals surface area contributed by atoms with Crippen LogP contribution >= 0.6 is 0 Å². The predicted molar refractivity (Wildman–Crippen MR) is 292 cm³/mol. The highest BCUT2D eigenvalue weighted by Crippen LogP contribution is 2.33. The molecular formula is C61H57N5O9. The van der Waals surface area contributed by atoms with Gasteiger partial charge in [0.05, 0.1) is 24.8 Å². The topological polar surface area (TPSA) is 197 Å². The number of anilines is 5. The molecule has 14 nitrogen and oxygen atoms in total. The lowest BCUT2D eigenvalue weighted by molar-refractivity contribution is -0.117. The van der Waals surface area contributed by atoms with Gasteiger partial charge in [0, 0.05) is 73.5 Å². The number of ketones is 2. The van der Waals surface area contributed by atoms with Crippen molar-refractivity contribution in [2.45, 2.75) is 58.5 Å². The molecule has 14 heteroatoms. The summed E-state index contributed by atoms with van der Waals surface area (Å²) in [5.41, 5.74) is 18.6. The average molecular weight is 1000 g/mol. The Morgan fingerprint density at radius 2 is 0.920 bits per heavy atom. The molecule has 0 unspecified atom stereocenters. The smallest absolute Gasteiger partial charge is 0.412 e. The molecule has 4 amide bonds. The Labute approximate surface area is 435 Å². The third-order valence-electron chi connectivity index (χ3n) is 13.2. The van der Waals surface area contributed by atoms with Crippen LogP contribution in [-0.2, 0) is 51.2 Å². The fourth-order valence-corrected chi connectivity index (χ4v) is 9.10. The van der Waals surface area contributed by atoms with Crippen LogP contribution < -0.4 is 25.8 Å². The van der Waals surface area contributed by atoms with Gasteiger partial charge in [0.2, 0.25) is 17.7 Å². The second kappa shape index (κ2) is 21.9. The highest BCUT2D eigenvalue weighted by molar-refractivity contribution is 6.06. The first-order valence-electron chi connectivity index (χ1n) is 24.3. The molecule has 4 N–H and O–H groups in total. The minimum Gasteiger partial charge on any atom is -0.478 e. The number of carbonyl (C=O) groups is 7. The van der Waals surface area contributed by atoms with Crippen LogP contribution in [0.2, 0.25) is 0 Å². The molecule has 75 heavy (non-hydrogen) atoms. The van der Waals surface area contributed by atoms with Crippen LogP contribution in [-0.4, -0.2) is 73.2 Å². The van der Waals surface area contributed by atoms with Crippen LogP contribution in [0.3, 0.4) is 0 Å². The van der Waals surface area contributed by atoms with Gasteiger partial charge in [-0.3, -0.25) is 29.3 Å². The summed E-state index contributed by atoms with van der Waals surface area (Å²) in [7, 11) is 5.18. The molecule has 0 bridgehead atoms. The van der Waals surface area contributed by atoms with E-state index in [1.807, 2.05) is 109 Å². The number of carbonyl (C=O) groups excluding carboxylic acids is 6. The lowest BCUT2D eigenvalue weighted by Gasteiger charge is -2.21. The molecule has 3 aliphatic heterocycles. The SMILES string of the molecule is CN1C(=O)Cc2cc(C(=O)Cc3cc(-c4ccccc4)ccc3N)ccc21.CN1C(=O)Cc2cc(C(=O)Cc3cc(-c4ccccc4)ccc3NC(=O)OC(C)(C)C)ccc21.CN1C(=O)Cc2cc(C(=O)O)ccc21. The van der Waals surface area contributed by atoms with Crippen LogP contribution in [0.15, 0.2) is 152 Å². The van der Waals surface area contributed by atoms with Crippen LogP contribution in [0.25, 0.3) is 22.3 Å². The number of nitrogen functional groups attached to an aromatic ring is 1. The van der Waals surface area contributed by atoms with E-state index in [1.54, 1.807) is 93.0 Å². The Bertz CT molecular complexity index is 3400. The maximum absolute atomic E-state index is 13.2. The summed E-state index contributed by atoms with van der Waals surface area (Å²) in [5.74, 6) is -0.996. The number of rotatable bonds is 10. The summed E-state index contributed by atoms with van der Waals surface area (Å²) in [6, 6.07) is 46.8. The van der Waals surface area contributed by atoms with E-state index in [9.17, 15) is 33.6 Å². The number of nitrogens with one attached hydrogen (secondary N) is 1. The highest BCUT2D eigenvalue weighted by atomic mass is 16.6. The van der Waals surface area contributed by atoms with Gasteiger partial charge in [0.1, 0.15) is 5.60 Å². The Morgan fingerprint density at radius 1 is 0.520 bits per heavy atom. The van der Waals surface area contributed by atoms with Crippen molar-refractivity contribution in [1.82, 2.24) is 0 Å². The third kappa shape index (κ3) is 12.2. The number of amides is 4. The molecule has 7 aromatic carbocycles. The van der Waals surface area contributed by atoms with Gasteiger partial charge in [0.25, 0.3) is 0 Å². The van der Waals surface area contributed by atoms with Gasteiger partial charge in [-0.05, 0) is 150 Å². The van der Waals surface area contributed by atoms with Gasteiger partial charge in [-0.2, -0.15) is 0 Å². The molecule has 7 aromatic rings. The van der Waals surface area contributed by atoms with Crippen molar-refractivity contribution in [1.29, 1.82) is 0 Å². The zero-order valence-corrected chi connectivity index (χ0v) is 42.6. The minimum absolute atomic E-state index is 0.00235. The average Bonchev–Trinajstić information content (AvgIpc) is 3.97. The van der Waals surface area contributed by atoms with E-state index >= 15 is 0 Å². The van der Waals surface area contributed by atoms with Crippen molar-refractivity contribution in [3.8, 4) is 22.3 Å². The molecule has 10 rings (SSSR count). The van der Waals surface area contributed by atoms with Crippen molar-refractivity contribution in [2.24, 2.45) is 0 Å². The molecule has 0 spiro atoms. The van der Waals surface area contributed by atoms with Crippen molar-refractivity contribution >= 4 is 69.8 Å². The fourth-order valence-electron chi connectivity index (χ4n) is 9.10. The van der Waals surface area contributed by atoms with Crippen molar-refractivity contribution in [3.05, 3.63) is 196 Å². The first-order chi connectivity index (χ1) is 35.7. The lowest BCUT2D eigenvalue weighted by Crippen LogP contribution is -2.27. The zero-order valence-electron chi connectivity index (χ0n) is 42.6. The van der Waals surface area contributed by atoms with Crippen LogP contribution in [0, 0.1) is 0 Å². The second-order valence-electron chi connectivity index (χ2n) is 19.6. The Hall–Kier alpha value is -9.17. The number of ether oxygens (including phenoxy) is 1. The molecule has 0 radical (unpaired) electrons. The normalized spacial score (nSPS) is 13.2. The highest BCUT2D eigenvalue weighted by Gasteiger charge is 2.28. The quantitative estimate of drug-likeness (QED) is 0.0876. The molecule has 3 aliphatic rings. The summed E-state index contributed by atoms with van der Waals surface area (Å²) in [5, 5.41) is 11.5. The van der Waals surface area contributed by atoms with E-state index in [4.69, 9.17) is 15.6 Å². The first-order valence-corrected chi connectivity index (χ1v) is 24.3. The molecule has 380 valence electrons. The van der Waals surface area contributed by atoms with Gasteiger partial charge in [-0.15, -0.1) is 0 Å². The number of Topliss-reactive ketones (excluding diaryl/α,β-unsaturated/α-hetero) is 2. The number of hydrogen-bond acceptors (Lipinski definition) is 9. The molecular weight excluding hydrogens is 947 g/mol. The van der Waals surface area contributed by atoms with Gasteiger partial charge < -0.3 is 30.3 Å². The first kappa shape index (κ1) is 52.2. The fraction of sp³-hybridized carbons (Fsp3) is 0.197. The van der Waals surface area contributed by atoms with Gasteiger partial charge >= 0.3 is 12.1 Å². The summed E-state index contributed by atoms with van der Waals surface area (Å²) in [6.07, 6.45) is 0.685. The number of likely N-dealkylation sites (N-methyl/N-ethyl adjacent to an activating group) is 3. The van der Waals surface area contributed by atoms with Crippen molar-refractivity contribution < 1.29 is 43.4 Å². The monoisotopic (exact) mass is 1000 g/mol. The molecule has 0 saturated heterocycles. The number of fused-ring (bicyclic) bond motifs is 3. The standard InChI is InChI=1S/C28H28N2O4.C23H20N2O2.C10H9NO3/c1-28(2,3)34-27(33)29-23-12-10-19(18-8-6-5-7-9-18)14-21(23)16-25(31)20-11-13-24-22(15-20)17-26(32)30(24)4;1-25-21-10-8-17(12-19(21)14-23(25)27)22(26)13-18-11-16(7-9-20(18)24)15-5-3-2-4-6-15;1-11-8-3-2-6(10(13)14)4-7(8)5-9(11)12/h5-15H,16-17H2,1-4H3,(H,29,33);2-12H,13-14,24H2,1H3;2-4H,5H2,1H3,(H,13,14). The summed E-state index contributed by atoms with van der Waals surface area (Å²) in [6.45, 7) is 5.39. The predicted octanol–water partition coefficient (Wildman–Crippen LogP) is 10.4. The second-order valence-corrected chi connectivity index (χ2v) is 19.6. The van der Waals surface area contributed by atoms with E-state index in [-0.39, 0.29) is 47.7 Å². The number of benzene rings is 7. The van der Waals surface area contributed by atoms with E-state index in [0.29, 0.717) is 47.3 Å². The van der Waals surface area contributed by atoms with E-state index in [0.717, 1.165) is 61.6 Å². The summed E-state index contributed by atoms with van der Waals surface area (Å²) < 4.78 is 5.40. The van der Waals surface area contributed by atoms with Gasteiger partial charge in [-0.25, -0.2) is 9.59 Å². The molecule has 0 aliphatic carbocycles. The maximum Gasteiger partial charge on any atom is 0.412 e. The summed E-state index contributed by atoms with van der Waals surface area (Å²) in [4.78, 5) is 89.1. The van der Waals surface area contributed by atoms with Gasteiger partial charge in [-0.1, -0.05) is 72.8 Å². The van der Waals surface area contributed by atoms with Crippen molar-refractivity contribution in [3.63, 3.8) is 0 Å². The van der Waals surface area contributed by atoms with Crippen LogP contribution in [0.4, 0.5) is 33.2 Å². The maximum atomic E-state index is 13.2. The zero-order chi connectivity index (χ0) is 53.7.